The van der Waals surface area contributed by atoms with E-state index in [4.69, 9.17) is 0 Å². The number of amides is 1. The largest absolute Gasteiger partial charge is 0.328 e. The van der Waals surface area contributed by atoms with Crippen LogP contribution in [0.2, 0.25) is 0 Å². The van der Waals surface area contributed by atoms with E-state index in [1.165, 1.54) is 0 Å². The van der Waals surface area contributed by atoms with Crippen molar-refractivity contribution in [3.63, 3.8) is 0 Å². The van der Waals surface area contributed by atoms with Crippen LogP contribution >= 0.6 is 11.8 Å². The number of hydrogen-bond donors (Lipinski definition) is 0. The van der Waals surface area contributed by atoms with Gasteiger partial charge in [0.1, 0.15) is 5.69 Å². The Labute approximate surface area is 140 Å². The normalized spacial score (nSPS) is 18.6. The van der Waals surface area contributed by atoms with Gasteiger partial charge >= 0.3 is 0 Å². The molecule has 0 unspecified atom stereocenters. The number of aryl methyl sites for hydroxylation is 1. The van der Waals surface area contributed by atoms with Crippen molar-refractivity contribution in [3.05, 3.63) is 35.9 Å². The maximum atomic E-state index is 12.9. The van der Waals surface area contributed by atoms with Gasteiger partial charge in [0.2, 0.25) is 0 Å². The highest BCUT2D eigenvalue weighted by atomic mass is 32.2. The van der Waals surface area contributed by atoms with Crippen LogP contribution in [0.25, 0.3) is 0 Å². The summed E-state index contributed by atoms with van der Waals surface area (Å²) >= 11 is 1.88. The number of nitrogens with zero attached hydrogens (tertiary/aromatic N) is 5. The van der Waals surface area contributed by atoms with Gasteiger partial charge in [0.05, 0.1) is 12.2 Å². The topological polar surface area (TPSA) is 56.0 Å². The van der Waals surface area contributed by atoms with Crippen LogP contribution in [0.4, 0.5) is 0 Å². The summed E-state index contributed by atoms with van der Waals surface area (Å²) in [6, 6.07) is 2.15. The summed E-state index contributed by atoms with van der Waals surface area (Å²) in [5.41, 5.74) is 1.63. The molecule has 0 bridgehead atoms. The SMILES string of the molecule is CCn1cc([C@@H]2CSCCN2C(=O)c2ccn(C(C)C)n2)cn1. The van der Waals surface area contributed by atoms with Crippen LogP contribution < -0.4 is 0 Å². The Morgan fingerprint density at radius 1 is 1.48 bits per heavy atom. The van der Waals surface area contributed by atoms with E-state index in [9.17, 15) is 4.79 Å². The zero-order valence-corrected chi connectivity index (χ0v) is 14.7. The second-order valence-electron chi connectivity index (χ2n) is 5.99. The van der Waals surface area contributed by atoms with Gasteiger partial charge in [-0.3, -0.25) is 14.2 Å². The van der Waals surface area contributed by atoms with Gasteiger partial charge in [0, 0.05) is 48.6 Å². The third-order valence-electron chi connectivity index (χ3n) is 4.11. The second-order valence-corrected chi connectivity index (χ2v) is 7.14. The molecule has 0 radical (unpaired) electrons. The first-order valence-electron chi connectivity index (χ1n) is 8.06. The van der Waals surface area contributed by atoms with Crippen molar-refractivity contribution in [2.75, 3.05) is 18.1 Å². The summed E-state index contributed by atoms with van der Waals surface area (Å²) in [7, 11) is 0. The van der Waals surface area contributed by atoms with Crippen LogP contribution in [0.5, 0.6) is 0 Å². The first-order chi connectivity index (χ1) is 11.1. The molecule has 23 heavy (non-hydrogen) atoms. The minimum Gasteiger partial charge on any atom is -0.328 e. The first kappa shape index (κ1) is 16.1. The molecule has 1 fully saturated rings. The lowest BCUT2D eigenvalue weighted by molar-refractivity contribution is 0.0694. The van der Waals surface area contributed by atoms with Crippen molar-refractivity contribution < 1.29 is 4.79 Å². The number of rotatable bonds is 4. The molecule has 1 aliphatic heterocycles. The zero-order chi connectivity index (χ0) is 16.4. The van der Waals surface area contributed by atoms with Crippen LogP contribution in [-0.2, 0) is 6.54 Å². The molecule has 0 aliphatic carbocycles. The molecule has 0 N–H and O–H groups in total. The summed E-state index contributed by atoms with van der Waals surface area (Å²) in [6.07, 6.45) is 5.80. The summed E-state index contributed by atoms with van der Waals surface area (Å²) in [5.74, 6) is 1.89. The Kier molecular flexibility index (Phi) is 4.75. The molecule has 2 aromatic heterocycles. The first-order valence-corrected chi connectivity index (χ1v) is 9.21. The Balaban J connectivity index is 1.83. The summed E-state index contributed by atoms with van der Waals surface area (Å²) < 4.78 is 3.74. The molecule has 0 aromatic carbocycles. The van der Waals surface area contributed by atoms with Crippen molar-refractivity contribution in [3.8, 4) is 0 Å². The van der Waals surface area contributed by atoms with E-state index >= 15 is 0 Å². The van der Waals surface area contributed by atoms with Gasteiger partial charge < -0.3 is 4.90 Å². The highest BCUT2D eigenvalue weighted by Gasteiger charge is 2.31. The third kappa shape index (κ3) is 3.29. The summed E-state index contributed by atoms with van der Waals surface area (Å²) in [6.45, 7) is 7.77. The van der Waals surface area contributed by atoms with Crippen LogP contribution in [0, 0.1) is 0 Å². The van der Waals surface area contributed by atoms with Crippen molar-refractivity contribution in [2.24, 2.45) is 0 Å². The van der Waals surface area contributed by atoms with E-state index in [-0.39, 0.29) is 18.0 Å². The Morgan fingerprint density at radius 3 is 2.96 bits per heavy atom. The third-order valence-corrected chi connectivity index (χ3v) is 5.13. The number of hydrogen-bond acceptors (Lipinski definition) is 4. The van der Waals surface area contributed by atoms with Crippen LogP contribution in [0.1, 0.15) is 48.9 Å². The molecule has 3 rings (SSSR count). The Hall–Kier alpha value is -1.76. The van der Waals surface area contributed by atoms with E-state index in [0.717, 1.165) is 30.2 Å². The number of carbonyl (C=O) groups is 1. The molecule has 1 aliphatic rings. The standard InChI is InChI=1S/C16H23N5OS/c1-4-19-10-13(9-17-19)15-11-23-8-7-20(15)16(22)14-5-6-21(18-14)12(2)3/h5-6,9-10,12,15H,4,7-8,11H2,1-3H3/t15-/m0/s1. The van der Waals surface area contributed by atoms with E-state index in [0.29, 0.717) is 5.69 Å². The maximum absolute atomic E-state index is 12.9. The molecule has 1 saturated heterocycles. The molecule has 0 spiro atoms. The van der Waals surface area contributed by atoms with E-state index in [1.54, 1.807) is 0 Å². The quantitative estimate of drug-likeness (QED) is 0.863. The van der Waals surface area contributed by atoms with E-state index in [1.807, 2.05) is 50.7 Å². The van der Waals surface area contributed by atoms with Gasteiger partial charge in [-0.15, -0.1) is 0 Å². The molecular formula is C16H23N5OS. The van der Waals surface area contributed by atoms with Gasteiger partial charge in [-0.05, 0) is 26.8 Å². The fourth-order valence-corrected chi connectivity index (χ4v) is 3.82. The monoisotopic (exact) mass is 333 g/mol. The minimum absolute atomic E-state index is 0.0129. The smallest absolute Gasteiger partial charge is 0.274 e. The van der Waals surface area contributed by atoms with Gasteiger partial charge in [0.15, 0.2) is 0 Å². The molecule has 3 heterocycles. The second kappa shape index (κ2) is 6.78. The van der Waals surface area contributed by atoms with E-state index < -0.39 is 0 Å². The van der Waals surface area contributed by atoms with Crippen LogP contribution in [-0.4, -0.2) is 48.4 Å². The summed E-state index contributed by atoms with van der Waals surface area (Å²) in [4.78, 5) is 14.9. The highest BCUT2D eigenvalue weighted by molar-refractivity contribution is 7.99. The number of aromatic nitrogens is 4. The Bertz CT molecular complexity index is 678. The maximum Gasteiger partial charge on any atom is 0.274 e. The van der Waals surface area contributed by atoms with Gasteiger partial charge in [-0.1, -0.05) is 0 Å². The Morgan fingerprint density at radius 2 is 2.30 bits per heavy atom. The lowest BCUT2D eigenvalue weighted by atomic mass is 10.1. The predicted octanol–water partition coefficient (Wildman–Crippen LogP) is 2.61. The van der Waals surface area contributed by atoms with Gasteiger partial charge in [0.25, 0.3) is 5.91 Å². The number of thioether (sulfide) groups is 1. The van der Waals surface area contributed by atoms with Crippen molar-refractivity contribution in [1.82, 2.24) is 24.5 Å². The van der Waals surface area contributed by atoms with Gasteiger partial charge in [-0.25, -0.2) is 0 Å². The fraction of sp³-hybridized carbons (Fsp3) is 0.562. The van der Waals surface area contributed by atoms with Crippen molar-refractivity contribution in [1.29, 1.82) is 0 Å². The highest BCUT2D eigenvalue weighted by Crippen LogP contribution is 2.30. The molecule has 124 valence electrons. The lowest BCUT2D eigenvalue weighted by Crippen LogP contribution is -2.41. The molecule has 7 heteroatoms. The zero-order valence-electron chi connectivity index (χ0n) is 13.8. The fourth-order valence-electron chi connectivity index (χ4n) is 2.73. The molecule has 1 amide bonds. The predicted molar refractivity (Wildman–Crippen MR) is 91.6 cm³/mol. The minimum atomic E-state index is 0.0129. The average molecular weight is 333 g/mol. The van der Waals surface area contributed by atoms with Crippen molar-refractivity contribution >= 4 is 17.7 Å². The molecule has 2 aromatic rings. The van der Waals surface area contributed by atoms with Crippen LogP contribution in [0.15, 0.2) is 24.7 Å². The van der Waals surface area contributed by atoms with E-state index in [2.05, 4.69) is 31.0 Å². The lowest BCUT2D eigenvalue weighted by Gasteiger charge is -2.34. The molecule has 1 atom stereocenters. The number of carbonyl (C=O) groups excluding carboxylic acids is 1. The molecular weight excluding hydrogens is 310 g/mol. The molecule has 6 nitrogen and oxygen atoms in total. The average Bonchev–Trinajstić information content (AvgIpc) is 3.23. The summed E-state index contributed by atoms with van der Waals surface area (Å²) in [5, 5.41) is 8.79. The van der Waals surface area contributed by atoms with Crippen molar-refractivity contribution in [2.45, 2.75) is 39.4 Å². The van der Waals surface area contributed by atoms with Gasteiger partial charge in [-0.2, -0.15) is 22.0 Å². The molecule has 0 saturated carbocycles. The van der Waals surface area contributed by atoms with Crippen LogP contribution in [0.3, 0.4) is 0 Å².